The molecular weight excluding hydrogens is 282 g/mol. The lowest BCUT2D eigenvalue weighted by atomic mass is 10.3. The third-order valence-corrected chi connectivity index (χ3v) is 2.63. The highest BCUT2D eigenvalue weighted by Crippen LogP contribution is 2.27. The molecule has 0 spiro atoms. The first-order chi connectivity index (χ1) is 8.47. The molecule has 0 radical (unpaired) electrons. The van der Waals surface area contributed by atoms with Crippen molar-refractivity contribution in [3.05, 3.63) is 39.8 Å². The van der Waals surface area contributed by atoms with Crippen LogP contribution >= 0.6 is 23.2 Å². The van der Waals surface area contributed by atoms with Gasteiger partial charge in [0.15, 0.2) is 5.82 Å². The van der Waals surface area contributed by atoms with Gasteiger partial charge in [0, 0.05) is 11.8 Å². The van der Waals surface area contributed by atoms with Crippen molar-refractivity contribution in [2.75, 3.05) is 11.1 Å². The van der Waals surface area contributed by atoms with Gasteiger partial charge < -0.3 is 11.1 Å². The summed E-state index contributed by atoms with van der Waals surface area (Å²) in [6.45, 7) is 0. The Labute approximate surface area is 111 Å². The van der Waals surface area contributed by atoms with Gasteiger partial charge in [-0.3, -0.25) is 9.89 Å². The van der Waals surface area contributed by atoms with Crippen molar-refractivity contribution >= 4 is 40.6 Å². The lowest BCUT2D eigenvalue weighted by Gasteiger charge is -2.05. The van der Waals surface area contributed by atoms with Crippen molar-refractivity contribution in [2.45, 2.75) is 0 Å². The Bertz CT molecular complexity index is 591. The SMILES string of the molecule is Nc1cc(C(=O)Nc2cc(Cl)c(F)c(Cl)c2)[nH]n1. The molecule has 0 unspecified atom stereocenters. The maximum atomic E-state index is 13.2. The molecule has 18 heavy (non-hydrogen) atoms. The molecule has 8 heteroatoms. The van der Waals surface area contributed by atoms with Crippen molar-refractivity contribution in [2.24, 2.45) is 0 Å². The van der Waals surface area contributed by atoms with Crippen molar-refractivity contribution in [3.63, 3.8) is 0 Å². The molecule has 1 heterocycles. The fraction of sp³-hybridized carbons (Fsp3) is 0. The number of hydrogen-bond acceptors (Lipinski definition) is 3. The second-order valence-electron chi connectivity index (χ2n) is 3.41. The van der Waals surface area contributed by atoms with Gasteiger partial charge in [-0.25, -0.2) is 4.39 Å². The average molecular weight is 289 g/mol. The third-order valence-electron chi connectivity index (χ3n) is 2.08. The number of benzene rings is 1. The molecule has 0 bridgehead atoms. The second kappa shape index (κ2) is 4.83. The summed E-state index contributed by atoms with van der Waals surface area (Å²) >= 11 is 11.2. The Morgan fingerprint density at radius 3 is 2.44 bits per heavy atom. The fourth-order valence-electron chi connectivity index (χ4n) is 1.28. The highest BCUT2D eigenvalue weighted by Gasteiger charge is 2.12. The van der Waals surface area contributed by atoms with E-state index in [1.165, 1.54) is 18.2 Å². The molecule has 1 aromatic carbocycles. The fourth-order valence-corrected chi connectivity index (χ4v) is 1.77. The smallest absolute Gasteiger partial charge is 0.273 e. The van der Waals surface area contributed by atoms with Gasteiger partial charge in [-0.05, 0) is 12.1 Å². The van der Waals surface area contributed by atoms with Crippen LogP contribution < -0.4 is 11.1 Å². The Morgan fingerprint density at radius 1 is 1.33 bits per heavy atom. The summed E-state index contributed by atoms with van der Waals surface area (Å²) in [4.78, 5) is 11.7. The molecule has 1 amide bonds. The first-order valence-electron chi connectivity index (χ1n) is 4.74. The van der Waals surface area contributed by atoms with Crippen LogP contribution in [-0.2, 0) is 0 Å². The van der Waals surface area contributed by atoms with Crippen molar-refractivity contribution in [1.82, 2.24) is 10.2 Å². The molecule has 2 rings (SSSR count). The summed E-state index contributed by atoms with van der Waals surface area (Å²) in [5.74, 6) is -1.03. The number of nitrogens with zero attached hydrogens (tertiary/aromatic N) is 1. The Hall–Kier alpha value is -1.79. The number of halogens is 3. The van der Waals surface area contributed by atoms with Gasteiger partial charge in [-0.2, -0.15) is 5.10 Å². The van der Waals surface area contributed by atoms with Crippen LogP contribution in [-0.4, -0.2) is 16.1 Å². The lowest BCUT2D eigenvalue weighted by Crippen LogP contribution is -2.12. The first-order valence-corrected chi connectivity index (χ1v) is 5.49. The van der Waals surface area contributed by atoms with E-state index in [1.54, 1.807) is 0 Å². The van der Waals surface area contributed by atoms with Gasteiger partial charge in [0.1, 0.15) is 11.5 Å². The minimum absolute atomic E-state index is 0.170. The number of nitrogens with two attached hydrogens (primary N) is 1. The molecule has 0 aliphatic heterocycles. The topological polar surface area (TPSA) is 83.8 Å². The van der Waals surface area contributed by atoms with Gasteiger partial charge in [0.2, 0.25) is 0 Å². The highest BCUT2D eigenvalue weighted by atomic mass is 35.5. The predicted octanol–water partition coefficient (Wildman–Crippen LogP) is 2.69. The number of H-pyrrole nitrogens is 1. The maximum Gasteiger partial charge on any atom is 0.273 e. The van der Waals surface area contributed by atoms with Crippen LogP contribution in [0.5, 0.6) is 0 Å². The van der Waals surface area contributed by atoms with Crippen LogP contribution in [0.2, 0.25) is 10.0 Å². The largest absolute Gasteiger partial charge is 0.382 e. The standard InChI is InChI=1S/C10H7Cl2FN4O/c11-5-1-4(2-6(12)9(5)13)15-10(18)7-3-8(14)17-16-7/h1-3H,(H,15,18)(H3,14,16,17). The number of carbonyl (C=O) groups excluding carboxylic acids is 1. The molecule has 0 saturated heterocycles. The van der Waals surface area contributed by atoms with Gasteiger partial charge in [-0.15, -0.1) is 0 Å². The molecule has 0 aliphatic rings. The Morgan fingerprint density at radius 2 is 1.94 bits per heavy atom. The van der Waals surface area contributed by atoms with Gasteiger partial charge in [0.05, 0.1) is 10.0 Å². The summed E-state index contributed by atoms with van der Waals surface area (Å²) < 4.78 is 13.2. The lowest BCUT2D eigenvalue weighted by molar-refractivity contribution is 0.102. The van der Waals surface area contributed by atoms with E-state index in [2.05, 4.69) is 15.5 Å². The molecule has 2 aromatic rings. The van der Waals surface area contributed by atoms with Crippen LogP contribution in [0, 0.1) is 5.82 Å². The summed E-state index contributed by atoms with van der Waals surface area (Å²) in [5.41, 5.74) is 5.80. The first kappa shape index (κ1) is 12.7. The van der Waals surface area contributed by atoms with Gasteiger partial charge >= 0.3 is 0 Å². The van der Waals surface area contributed by atoms with E-state index < -0.39 is 11.7 Å². The highest BCUT2D eigenvalue weighted by molar-refractivity contribution is 6.35. The monoisotopic (exact) mass is 288 g/mol. The minimum Gasteiger partial charge on any atom is -0.382 e. The summed E-state index contributed by atoms with van der Waals surface area (Å²) in [6, 6.07) is 3.86. The normalized spacial score (nSPS) is 10.4. The van der Waals surface area contributed by atoms with Crippen LogP contribution in [0.3, 0.4) is 0 Å². The third kappa shape index (κ3) is 2.55. The molecule has 94 valence electrons. The van der Waals surface area contributed by atoms with Crippen LogP contribution in [0.15, 0.2) is 18.2 Å². The number of rotatable bonds is 2. The van der Waals surface area contributed by atoms with E-state index in [-0.39, 0.29) is 27.2 Å². The number of aromatic nitrogens is 2. The summed E-state index contributed by atoms with van der Waals surface area (Å²) in [7, 11) is 0. The molecule has 0 fully saturated rings. The predicted molar refractivity (Wildman–Crippen MR) is 67.4 cm³/mol. The summed E-state index contributed by atoms with van der Waals surface area (Å²) in [6.07, 6.45) is 0. The minimum atomic E-state index is -0.734. The number of hydrogen-bond donors (Lipinski definition) is 3. The Balaban J connectivity index is 2.22. The zero-order valence-electron chi connectivity index (χ0n) is 8.80. The van der Waals surface area contributed by atoms with Crippen LogP contribution in [0.1, 0.15) is 10.5 Å². The zero-order valence-corrected chi connectivity index (χ0v) is 10.3. The second-order valence-corrected chi connectivity index (χ2v) is 4.23. The van der Waals surface area contributed by atoms with Crippen LogP contribution in [0.4, 0.5) is 15.9 Å². The van der Waals surface area contributed by atoms with Crippen molar-refractivity contribution in [3.8, 4) is 0 Å². The van der Waals surface area contributed by atoms with E-state index in [4.69, 9.17) is 28.9 Å². The van der Waals surface area contributed by atoms with Gasteiger partial charge in [0.25, 0.3) is 5.91 Å². The number of amides is 1. The van der Waals surface area contributed by atoms with Crippen molar-refractivity contribution in [1.29, 1.82) is 0 Å². The van der Waals surface area contributed by atoms with Crippen LogP contribution in [0.25, 0.3) is 0 Å². The molecular formula is C10H7Cl2FN4O. The van der Waals surface area contributed by atoms with E-state index >= 15 is 0 Å². The molecule has 0 saturated carbocycles. The molecule has 5 nitrogen and oxygen atoms in total. The summed E-state index contributed by atoms with van der Waals surface area (Å²) in [5, 5.41) is 8.17. The van der Waals surface area contributed by atoms with E-state index in [9.17, 15) is 9.18 Å². The van der Waals surface area contributed by atoms with Gasteiger partial charge in [-0.1, -0.05) is 23.2 Å². The van der Waals surface area contributed by atoms with E-state index in [0.29, 0.717) is 0 Å². The molecule has 0 atom stereocenters. The molecule has 4 N–H and O–H groups in total. The van der Waals surface area contributed by atoms with Crippen molar-refractivity contribution < 1.29 is 9.18 Å². The maximum absolute atomic E-state index is 13.2. The molecule has 0 aliphatic carbocycles. The molecule has 1 aromatic heterocycles. The number of aromatic amines is 1. The zero-order chi connectivity index (χ0) is 13.3. The number of nitrogens with one attached hydrogen (secondary N) is 2. The Kier molecular flexibility index (Phi) is 3.40. The number of carbonyl (C=O) groups is 1. The quantitative estimate of drug-likeness (QED) is 0.743. The number of nitrogen functional groups attached to an aromatic ring is 1. The van der Waals surface area contributed by atoms with E-state index in [1.807, 2.05) is 0 Å². The average Bonchev–Trinajstić information content (AvgIpc) is 2.72. The number of anilines is 2. The van der Waals surface area contributed by atoms with E-state index in [0.717, 1.165) is 0 Å².